The Morgan fingerprint density at radius 3 is 2.43 bits per heavy atom. The summed E-state index contributed by atoms with van der Waals surface area (Å²) in [6, 6.07) is 4.29. The molecule has 0 unspecified atom stereocenters. The normalized spacial score (nSPS) is 15.9. The first-order valence-corrected chi connectivity index (χ1v) is 8.26. The van der Waals surface area contributed by atoms with Crippen molar-refractivity contribution in [1.29, 1.82) is 0 Å². The highest BCUT2D eigenvalue weighted by Crippen LogP contribution is 2.42. The van der Waals surface area contributed by atoms with Crippen LogP contribution in [0.15, 0.2) is 42.6 Å². The third-order valence-corrected chi connectivity index (χ3v) is 5.45. The first-order chi connectivity index (χ1) is 10.3. The molecular weight excluding hydrogens is 300 g/mol. The SMILES string of the molecule is Cc1cc2c(s1)C(C1=COC=Cc3ccsc31)=COC=C2. The van der Waals surface area contributed by atoms with Gasteiger partial charge in [0, 0.05) is 25.8 Å². The maximum Gasteiger partial charge on any atom is 0.0995 e. The van der Waals surface area contributed by atoms with Crippen LogP contribution in [0.2, 0.25) is 0 Å². The van der Waals surface area contributed by atoms with Crippen LogP contribution < -0.4 is 0 Å². The molecule has 104 valence electrons. The molecule has 4 heteroatoms. The predicted octanol–water partition coefficient (Wildman–Crippen LogP) is 5.50. The molecule has 0 saturated carbocycles. The summed E-state index contributed by atoms with van der Waals surface area (Å²) in [5.74, 6) is 0. The number of aryl methyl sites for hydroxylation is 1. The highest BCUT2D eigenvalue weighted by Gasteiger charge is 2.21. The van der Waals surface area contributed by atoms with Crippen LogP contribution in [0.1, 0.15) is 25.8 Å². The molecule has 0 aliphatic carbocycles. The molecule has 2 aliphatic rings. The van der Waals surface area contributed by atoms with Gasteiger partial charge in [-0.1, -0.05) is 0 Å². The van der Waals surface area contributed by atoms with E-state index in [1.165, 1.54) is 25.8 Å². The minimum absolute atomic E-state index is 1.07. The van der Waals surface area contributed by atoms with Gasteiger partial charge in [0.25, 0.3) is 0 Å². The van der Waals surface area contributed by atoms with Crippen molar-refractivity contribution in [1.82, 2.24) is 0 Å². The molecule has 2 aromatic heterocycles. The first-order valence-electron chi connectivity index (χ1n) is 6.56. The predicted molar refractivity (Wildman–Crippen MR) is 89.6 cm³/mol. The van der Waals surface area contributed by atoms with E-state index in [4.69, 9.17) is 9.47 Å². The fourth-order valence-electron chi connectivity index (χ4n) is 2.46. The standard InChI is InChI=1S/C17H12O2S2/c1-11-8-13-3-6-19-10-15(17(13)21-11)14-9-18-5-2-12-4-7-20-16(12)14/h2-10H,1H3. The van der Waals surface area contributed by atoms with E-state index in [9.17, 15) is 0 Å². The van der Waals surface area contributed by atoms with Gasteiger partial charge in [-0.2, -0.15) is 0 Å². The van der Waals surface area contributed by atoms with Gasteiger partial charge in [0.05, 0.1) is 25.0 Å². The molecule has 0 fully saturated rings. The molecule has 4 rings (SSSR count). The van der Waals surface area contributed by atoms with Gasteiger partial charge in [0.1, 0.15) is 0 Å². The zero-order valence-electron chi connectivity index (χ0n) is 11.3. The fourth-order valence-corrected chi connectivity index (χ4v) is 4.38. The lowest BCUT2D eigenvalue weighted by atomic mass is 10.0. The van der Waals surface area contributed by atoms with Crippen molar-refractivity contribution < 1.29 is 9.47 Å². The lowest BCUT2D eigenvalue weighted by molar-refractivity contribution is 0.406. The molecule has 0 atom stereocenters. The van der Waals surface area contributed by atoms with E-state index in [-0.39, 0.29) is 0 Å². The Balaban J connectivity index is 1.89. The monoisotopic (exact) mass is 312 g/mol. The van der Waals surface area contributed by atoms with Gasteiger partial charge in [-0.3, -0.25) is 0 Å². The van der Waals surface area contributed by atoms with E-state index in [0.717, 1.165) is 11.1 Å². The molecule has 2 aromatic rings. The van der Waals surface area contributed by atoms with E-state index in [2.05, 4.69) is 24.4 Å². The number of hydrogen-bond donors (Lipinski definition) is 0. The zero-order chi connectivity index (χ0) is 14.2. The van der Waals surface area contributed by atoms with Crippen LogP contribution in [0.4, 0.5) is 0 Å². The minimum atomic E-state index is 1.07. The van der Waals surface area contributed by atoms with Crippen molar-refractivity contribution in [2.75, 3.05) is 0 Å². The Kier molecular flexibility index (Phi) is 3.05. The van der Waals surface area contributed by atoms with Crippen LogP contribution >= 0.6 is 22.7 Å². The summed E-state index contributed by atoms with van der Waals surface area (Å²) in [7, 11) is 0. The maximum atomic E-state index is 5.53. The number of fused-ring (bicyclic) bond motifs is 2. The van der Waals surface area contributed by atoms with E-state index < -0.39 is 0 Å². The van der Waals surface area contributed by atoms with Crippen LogP contribution in [0.25, 0.3) is 23.3 Å². The largest absolute Gasteiger partial charge is 0.472 e. The summed E-state index contributed by atoms with van der Waals surface area (Å²) in [5.41, 5.74) is 4.51. The smallest absolute Gasteiger partial charge is 0.0995 e. The second kappa shape index (κ2) is 5.06. The molecule has 2 nitrogen and oxygen atoms in total. The molecule has 2 aliphatic heterocycles. The van der Waals surface area contributed by atoms with Crippen molar-refractivity contribution in [3.63, 3.8) is 0 Å². The Morgan fingerprint density at radius 1 is 0.905 bits per heavy atom. The second-order valence-corrected chi connectivity index (χ2v) is 6.96. The van der Waals surface area contributed by atoms with E-state index in [1.807, 2.05) is 18.4 Å². The summed E-state index contributed by atoms with van der Waals surface area (Å²) >= 11 is 3.49. The lowest BCUT2D eigenvalue weighted by Gasteiger charge is -2.09. The number of allylic oxidation sites excluding steroid dienone is 2. The lowest BCUT2D eigenvalue weighted by Crippen LogP contribution is -1.89. The molecule has 0 amide bonds. The minimum Gasteiger partial charge on any atom is -0.472 e. The van der Waals surface area contributed by atoms with Crippen molar-refractivity contribution >= 4 is 46.0 Å². The molecule has 4 heterocycles. The Hall–Kier alpha value is -2.04. The van der Waals surface area contributed by atoms with Crippen LogP contribution in [0.5, 0.6) is 0 Å². The van der Waals surface area contributed by atoms with Crippen molar-refractivity contribution in [3.8, 4) is 0 Å². The molecule has 21 heavy (non-hydrogen) atoms. The van der Waals surface area contributed by atoms with Gasteiger partial charge in [-0.05, 0) is 47.7 Å². The number of thiophene rings is 2. The number of rotatable bonds is 1. The van der Waals surface area contributed by atoms with E-state index in [1.54, 1.807) is 41.5 Å². The van der Waals surface area contributed by atoms with Crippen molar-refractivity contribution in [2.45, 2.75) is 6.92 Å². The molecular formula is C17H12O2S2. The van der Waals surface area contributed by atoms with Gasteiger partial charge < -0.3 is 9.47 Å². The van der Waals surface area contributed by atoms with Crippen LogP contribution in [-0.4, -0.2) is 0 Å². The summed E-state index contributed by atoms with van der Waals surface area (Å²) in [5, 5.41) is 2.10. The van der Waals surface area contributed by atoms with Crippen LogP contribution in [0.3, 0.4) is 0 Å². The Bertz CT molecular complexity index is 816. The molecule has 0 aromatic carbocycles. The molecule has 0 N–H and O–H groups in total. The summed E-state index contributed by atoms with van der Waals surface area (Å²) in [4.78, 5) is 3.71. The Labute approximate surface area is 131 Å². The average molecular weight is 312 g/mol. The number of ether oxygens (including phenoxy) is 2. The zero-order valence-corrected chi connectivity index (χ0v) is 13.0. The first kappa shape index (κ1) is 12.7. The van der Waals surface area contributed by atoms with E-state index in [0.29, 0.717) is 0 Å². The highest BCUT2D eigenvalue weighted by atomic mass is 32.1. The van der Waals surface area contributed by atoms with Gasteiger partial charge in [0.2, 0.25) is 0 Å². The summed E-state index contributed by atoms with van der Waals surface area (Å²) in [6.07, 6.45) is 11.1. The highest BCUT2D eigenvalue weighted by molar-refractivity contribution is 7.14. The van der Waals surface area contributed by atoms with Crippen molar-refractivity contribution in [3.05, 3.63) is 68.3 Å². The molecule has 0 radical (unpaired) electrons. The van der Waals surface area contributed by atoms with Gasteiger partial charge >= 0.3 is 0 Å². The molecule has 0 saturated heterocycles. The molecule has 0 spiro atoms. The Morgan fingerprint density at radius 2 is 1.62 bits per heavy atom. The third kappa shape index (κ3) is 2.17. The quantitative estimate of drug-likeness (QED) is 0.692. The summed E-state index contributed by atoms with van der Waals surface area (Å²) < 4.78 is 11.0. The molecule has 0 bridgehead atoms. The summed E-state index contributed by atoms with van der Waals surface area (Å²) in [6.45, 7) is 2.13. The van der Waals surface area contributed by atoms with Gasteiger partial charge in [-0.15, -0.1) is 22.7 Å². The third-order valence-electron chi connectivity index (χ3n) is 3.38. The maximum absolute atomic E-state index is 5.53. The van der Waals surface area contributed by atoms with Crippen LogP contribution in [-0.2, 0) is 9.47 Å². The van der Waals surface area contributed by atoms with E-state index >= 15 is 0 Å². The average Bonchev–Trinajstić information content (AvgIpc) is 2.96. The number of hydrogen-bond acceptors (Lipinski definition) is 4. The van der Waals surface area contributed by atoms with Crippen LogP contribution in [0, 0.1) is 6.92 Å². The topological polar surface area (TPSA) is 18.5 Å². The fraction of sp³-hybridized carbons (Fsp3) is 0.0588. The van der Waals surface area contributed by atoms with Gasteiger partial charge in [-0.25, -0.2) is 0 Å². The second-order valence-electron chi connectivity index (χ2n) is 4.79. The van der Waals surface area contributed by atoms with Gasteiger partial charge in [0.15, 0.2) is 0 Å². The van der Waals surface area contributed by atoms with Crippen molar-refractivity contribution in [2.24, 2.45) is 0 Å².